The van der Waals surface area contributed by atoms with Crippen molar-refractivity contribution < 1.29 is 0 Å². The van der Waals surface area contributed by atoms with Crippen molar-refractivity contribution in [1.82, 2.24) is 19.7 Å². The fourth-order valence-electron chi connectivity index (χ4n) is 2.03. The van der Waals surface area contributed by atoms with E-state index < -0.39 is 0 Å². The zero-order valence-electron chi connectivity index (χ0n) is 11.0. The van der Waals surface area contributed by atoms with E-state index in [1.165, 1.54) is 0 Å². The van der Waals surface area contributed by atoms with Gasteiger partial charge in [-0.3, -0.25) is 9.67 Å². The maximum Gasteiger partial charge on any atom is 0.195 e. The molecule has 0 aliphatic rings. The first-order valence-electron chi connectivity index (χ1n) is 6.46. The summed E-state index contributed by atoms with van der Waals surface area (Å²) in [6, 6.07) is 10.2. The number of aromatic nitrogens is 4. The lowest BCUT2D eigenvalue weighted by Crippen LogP contribution is -1.98. The monoisotopic (exact) mass is 302 g/mol. The van der Waals surface area contributed by atoms with Crippen molar-refractivity contribution >= 4 is 23.6 Å². The van der Waals surface area contributed by atoms with E-state index >= 15 is 0 Å². The van der Waals surface area contributed by atoms with Gasteiger partial charge in [0.2, 0.25) is 0 Å². The molecular weight excluding hydrogens is 288 g/mol. The molecule has 0 saturated heterocycles. The SMILES string of the molecule is CCCn1c(-c2cnc(-c3ccccc3)s2)n[nH]c1=S. The highest BCUT2D eigenvalue weighted by atomic mass is 32.1. The third-order valence-corrected chi connectivity index (χ3v) is 4.31. The summed E-state index contributed by atoms with van der Waals surface area (Å²) in [5, 5.41) is 8.19. The number of thiazole rings is 1. The highest BCUT2D eigenvalue weighted by molar-refractivity contribution is 7.71. The molecule has 4 nitrogen and oxygen atoms in total. The molecule has 2 aromatic heterocycles. The Balaban J connectivity index is 2.01. The summed E-state index contributed by atoms with van der Waals surface area (Å²) in [4.78, 5) is 5.52. The fourth-order valence-corrected chi connectivity index (χ4v) is 3.17. The predicted octanol–water partition coefficient (Wildman–Crippen LogP) is 4.14. The summed E-state index contributed by atoms with van der Waals surface area (Å²) in [5.74, 6) is 0.872. The Bertz CT molecular complexity index is 755. The largest absolute Gasteiger partial charge is 0.299 e. The molecule has 6 heteroatoms. The van der Waals surface area contributed by atoms with Gasteiger partial charge in [-0.1, -0.05) is 37.3 Å². The van der Waals surface area contributed by atoms with Gasteiger partial charge in [0.25, 0.3) is 0 Å². The summed E-state index contributed by atoms with van der Waals surface area (Å²) in [5.41, 5.74) is 1.12. The number of rotatable bonds is 4. The summed E-state index contributed by atoms with van der Waals surface area (Å²) < 4.78 is 2.69. The molecule has 0 unspecified atom stereocenters. The van der Waals surface area contributed by atoms with Crippen molar-refractivity contribution in [1.29, 1.82) is 0 Å². The van der Waals surface area contributed by atoms with Crippen LogP contribution in [0.5, 0.6) is 0 Å². The first kappa shape index (κ1) is 13.2. The van der Waals surface area contributed by atoms with E-state index in [4.69, 9.17) is 12.2 Å². The quantitative estimate of drug-likeness (QED) is 0.737. The van der Waals surface area contributed by atoms with Gasteiger partial charge in [0.15, 0.2) is 10.6 Å². The molecule has 3 rings (SSSR count). The van der Waals surface area contributed by atoms with E-state index in [0.717, 1.165) is 34.2 Å². The van der Waals surface area contributed by atoms with E-state index in [-0.39, 0.29) is 0 Å². The van der Waals surface area contributed by atoms with Gasteiger partial charge in [0.1, 0.15) is 5.01 Å². The maximum atomic E-state index is 5.27. The fraction of sp³-hybridized carbons (Fsp3) is 0.214. The van der Waals surface area contributed by atoms with Crippen LogP contribution in [-0.2, 0) is 6.54 Å². The van der Waals surface area contributed by atoms with Gasteiger partial charge >= 0.3 is 0 Å². The van der Waals surface area contributed by atoms with Crippen molar-refractivity contribution in [3.05, 3.63) is 41.3 Å². The van der Waals surface area contributed by atoms with Crippen molar-refractivity contribution in [3.8, 4) is 21.3 Å². The molecule has 1 aromatic carbocycles. The summed E-state index contributed by atoms with van der Waals surface area (Å²) in [6.07, 6.45) is 2.88. The second kappa shape index (κ2) is 5.68. The van der Waals surface area contributed by atoms with Gasteiger partial charge in [-0.25, -0.2) is 4.98 Å². The second-order valence-corrected chi connectivity index (χ2v) is 5.82. The molecule has 0 aliphatic heterocycles. The molecular formula is C14H14N4S2. The van der Waals surface area contributed by atoms with E-state index in [1.54, 1.807) is 11.3 Å². The Morgan fingerprint density at radius 2 is 2.10 bits per heavy atom. The Morgan fingerprint density at radius 3 is 2.85 bits per heavy atom. The van der Waals surface area contributed by atoms with E-state index in [9.17, 15) is 0 Å². The average Bonchev–Trinajstić information content (AvgIpc) is 3.08. The topological polar surface area (TPSA) is 46.5 Å². The van der Waals surface area contributed by atoms with Gasteiger partial charge in [-0.2, -0.15) is 5.10 Å². The lowest BCUT2D eigenvalue weighted by Gasteiger charge is -2.01. The zero-order valence-corrected chi connectivity index (χ0v) is 12.7. The van der Waals surface area contributed by atoms with Gasteiger partial charge < -0.3 is 0 Å². The Labute approximate surface area is 126 Å². The van der Waals surface area contributed by atoms with Crippen LogP contribution in [0.2, 0.25) is 0 Å². The first-order chi connectivity index (χ1) is 9.79. The van der Waals surface area contributed by atoms with Gasteiger partial charge in [0, 0.05) is 18.3 Å². The van der Waals surface area contributed by atoms with Crippen LogP contribution >= 0.6 is 23.6 Å². The molecule has 0 spiro atoms. The van der Waals surface area contributed by atoms with Crippen LogP contribution in [-0.4, -0.2) is 19.7 Å². The number of nitrogens with one attached hydrogen (secondary N) is 1. The number of hydrogen-bond donors (Lipinski definition) is 1. The number of aromatic amines is 1. The highest BCUT2D eigenvalue weighted by Crippen LogP contribution is 2.30. The van der Waals surface area contributed by atoms with Crippen LogP contribution < -0.4 is 0 Å². The highest BCUT2D eigenvalue weighted by Gasteiger charge is 2.12. The molecule has 0 aliphatic carbocycles. The number of nitrogens with zero attached hydrogens (tertiary/aromatic N) is 3. The molecule has 1 N–H and O–H groups in total. The molecule has 0 bridgehead atoms. The van der Waals surface area contributed by atoms with Gasteiger partial charge in [-0.05, 0) is 18.6 Å². The minimum Gasteiger partial charge on any atom is -0.299 e. The van der Waals surface area contributed by atoms with E-state index in [0.29, 0.717) is 4.77 Å². The third-order valence-electron chi connectivity index (χ3n) is 2.95. The zero-order chi connectivity index (χ0) is 13.9. The molecule has 3 aromatic rings. The first-order valence-corrected chi connectivity index (χ1v) is 7.69. The Kier molecular flexibility index (Phi) is 3.75. The van der Waals surface area contributed by atoms with Crippen molar-refractivity contribution in [2.75, 3.05) is 0 Å². The molecule has 0 amide bonds. The minimum absolute atomic E-state index is 0.663. The van der Waals surface area contributed by atoms with Crippen LogP contribution in [0.1, 0.15) is 13.3 Å². The summed E-state index contributed by atoms with van der Waals surface area (Å²) in [7, 11) is 0. The van der Waals surface area contributed by atoms with Crippen LogP contribution in [0.3, 0.4) is 0 Å². The number of benzene rings is 1. The van der Waals surface area contributed by atoms with Gasteiger partial charge in [0.05, 0.1) is 4.88 Å². The molecule has 20 heavy (non-hydrogen) atoms. The lowest BCUT2D eigenvalue weighted by molar-refractivity contribution is 0.675. The van der Waals surface area contributed by atoms with Crippen LogP contribution in [0, 0.1) is 4.77 Å². The number of H-pyrrole nitrogens is 1. The predicted molar refractivity (Wildman–Crippen MR) is 84.2 cm³/mol. The normalized spacial score (nSPS) is 10.8. The van der Waals surface area contributed by atoms with E-state index in [1.807, 2.05) is 29.0 Å². The molecule has 0 radical (unpaired) electrons. The van der Waals surface area contributed by atoms with Gasteiger partial charge in [-0.15, -0.1) is 11.3 Å². The average molecular weight is 302 g/mol. The molecule has 102 valence electrons. The molecule has 0 saturated carbocycles. The van der Waals surface area contributed by atoms with Crippen LogP contribution in [0.4, 0.5) is 0 Å². The Morgan fingerprint density at radius 1 is 1.30 bits per heavy atom. The van der Waals surface area contributed by atoms with E-state index in [2.05, 4.69) is 34.2 Å². The third kappa shape index (κ3) is 2.44. The summed E-state index contributed by atoms with van der Waals surface area (Å²) in [6.45, 7) is 2.99. The van der Waals surface area contributed by atoms with Crippen molar-refractivity contribution in [2.24, 2.45) is 0 Å². The smallest absolute Gasteiger partial charge is 0.195 e. The lowest BCUT2D eigenvalue weighted by atomic mass is 10.2. The standard InChI is InChI=1S/C14H14N4S2/c1-2-8-18-12(16-17-14(18)19)11-9-15-13(20-11)10-6-4-3-5-7-10/h3-7,9H,2,8H2,1H3,(H,17,19). The molecule has 2 heterocycles. The second-order valence-electron chi connectivity index (χ2n) is 4.40. The number of hydrogen-bond acceptors (Lipinski definition) is 4. The summed E-state index contributed by atoms with van der Waals surface area (Å²) >= 11 is 6.90. The van der Waals surface area contributed by atoms with Crippen LogP contribution in [0.15, 0.2) is 36.5 Å². The Hall–Kier alpha value is -1.79. The van der Waals surface area contributed by atoms with Crippen molar-refractivity contribution in [3.63, 3.8) is 0 Å². The molecule has 0 atom stereocenters. The maximum absolute atomic E-state index is 5.27. The minimum atomic E-state index is 0.663. The molecule has 0 fully saturated rings. The van der Waals surface area contributed by atoms with Crippen LogP contribution in [0.25, 0.3) is 21.3 Å². The van der Waals surface area contributed by atoms with Crippen molar-refractivity contribution in [2.45, 2.75) is 19.9 Å².